The Labute approximate surface area is 153 Å². The number of hydrogen-bond donors (Lipinski definition) is 0. The van der Waals surface area contributed by atoms with Crippen LogP contribution in [0.2, 0.25) is 0 Å². The summed E-state index contributed by atoms with van der Waals surface area (Å²) in [5, 5.41) is 2.29. The van der Waals surface area contributed by atoms with Crippen LogP contribution < -0.4 is 0 Å². The molecule has 1 unspecified atom stereocenters. The number of hydrogen-bond acceptors (Lipinski definition) is 2. The van der Waals surface area contributed by atoms with E-state index in [1.165, 1.54) is 5.39 Å². The molecule has 0 spiro atoms. The van der Waals surface area contributed by atoms with Crippen LogP contribution in [-0.2, 0) is 15.1 Å². The van der Waals surface area contributed by atoms with Crippen molar-refractivity contribution in [3.05, 3.63) is 96.1 Å². The van der Waals surface area contributed by atoms with E-state index in [1.54, 1.807) is 6.92 Å². The highest BCUT2D eigenvalue weighted by atomic mass is 16.6. The normalized spacial score (nSPS) is 17.9. The standard InChI is InChI=1S/C24H20O2/c1-4-13-24(26-23(25)16(2)3)21-12-8-7-11-19(21)20-14-17-9-5-6-10-18(17)15-22(20)24/h4-15H,2H2,1,3H3/b13-4+. The van der Waals surface area contributed by atoms with Crippen molar-refractivity contribution in [3.63, 3.8) is 0 Å². The fraction of sp³-hybridized carbons (Fsp3) is 0.125. The van der Waals surface area contributed by atoms with Crippen molar-refractivity contribution in [2.24, 2.45) is 0 Å². The minimum Gasteiger partial charge on any atom is -0.441 e. The molecule has 1 aliphatic carbocycles. The van der Waals surface area contributed by atoms with Crippen molar-refractivity contribution in [1.82, 2.24) is 0 Å². The smallest absolute Gasteiger partial charge is 0.334 e. The predicted molar refractivity (Wildman–Crippen MR) is 106 cm³/mol. The number of carbonyl (C=O) groups excluding carboxylic acids is 1. The summed E-state index contributed by atoms with van der Waals surface area (Å²) in [5.74, 6) is -0.390. The van der Waals surface area contributed by atoms with Gasteiger partial charge in [0.15, 0.2) is 5.60 Å². The van der Waals surface area contributed by atoms with Crippen LogP contribution in [0.25, 0.3) is 21.9 Å². The van der Waals surface area contributed by atoms with Gasteiger partial charge in [0, 0.05) is 16.7 Å². The zero-order valence-corrected chi connectivity index (χ0v) is 15.0. The van der Waals surface area contributed by atoms with Gasteiger partial charge in [-0.1, -0.05) is 61.2 Å². The molecule has 1 atom stereocenters. The Morgan fingerprint density at radius 2 is 1.62 bits per heavy atom. The largest absolute Gasteiger partial charge is 0.441 e. The molecule has 0 aliphatic heterocycles. The minimum atomic E-state index is -0.930. The van der Waals surface area contributed by atoms with Crippen molar-refractivity contribution in [2.75, 3.05) is 0 Å². The fourth-order valence-electron chi connectivity index (χ4n) is 3.75. The van der Waals surface area contributed by atoms with Gasteiger partial charge in [0.2, 0.25) is 0 Å². The molecule has 2 heteroatoms. The summed E-state index contributed by atoms with van der Waals surface area (Å²) in [5.41, 5.74) is 3.64. The lowest BCUT2D eigenvalue weighted by Gasteiger charge is -2.29. The number of carbonyl (C=O) groups is 1. The lowest BCUT2D eigenvalue weighted by atomic mass is 9.89. The van der Waals surface area contributed by atoms with E-state index >= 15 is 0 Å². The average molecular weight is 340 g/mol. The first-order valence-electron chi connectivity index (χ1n) is 8.72. The van der Waals surface area contributed by atoms with Gasteiger partial charge < -0.3 is 4.74 Å². The topological polar surface area (TPSA) is 26.3 Å². The number of benzene rings is 3. The Kier molecular flexibility index (Phi) is 3.77. The molecule has 4 rings (SSSR count). The van der Waals surface area contributed by atoms with Crippen molar-refractivity contribution >= 4 is 16.7 Å². The van der Waals surface area contributed by atoms with Gasteiger partial charge in [-0.3, -0.25) is 0 Å². The van der Waals surface area contributed by atoms with Crippen LogP contribution in [0.3, 0.4) is 0 Å². The van der Waals surface area contributed by atoms with Crippen LogP contribution in [0.1, 0.15) is 25.0 Å². The van der Waals surface area contributed by atoms with E-state index in [0.29, 0.717) is 5.57 Å². The maximum atomic E-state index is 12.5. The van der Waals surface area contributed by atoms with Gasteiger partial charge in [0.1, 0.15) is 0 Å². The molecule has 2 nitrogen and oxygen atoms in total. The Morgan fingerprint density at radius 3 is 2.31 bits per heavy atom. The molecule has 1 aliphatic rings. The number of fused-ring (bicyclic) bond motifs is 4. The first-order valence-corrected chi connectivity index (χ1v) is 8.72. The maximum Gasteiger partial charge on any atom is 0.334 e. The lowest BCUT2D eigenvalue weighted by molar-refractivity contribution is -0.147. The average Bonchev–Trinajstić information content (AvgIpc) is 2.90. The highest BCUT2D eigenvalue weighted by Gasteiger charge is 2.44. The van der Waals surface area contributed by atoms with E-state index in [1.807, 2.05) is 49.4 Å². The van der Waals surface area contributed by atoms with Crippen molar-refractivity contribution in [2.45, 2.75) is 19.4 Å². The first-order chi connectivity index (χ1) is 12.6. The zero-order chi connectivity index (χ0) is 18.3. The van der Waals surface area contributed by atoms with E-state index in [9.17, 15) is 4.79 Å². The highest BCUT2D eigenvalue weighted by Crippen LogP contribution is 2.51. The Balaban J connectivity index is 2.07. The maximum absolute atomic E-state index is 12.5. The Bertz CT molecular complexity index is 1070. The third kappa shape index (κ3) is 2.30. The SMILES string of the molecule is C=C(C)C(=O)OC1(/C=C/C)c2ccccc2-c2cc3ccccc3cc21. The van der Waals surface area contributed by atoms with E-state index in [4.69, 9.17) is 4.74 Å². The molecule has 0 fully saturated rings. The molecule has 3 aromatic carbocycles. The Hall–Kier alpha value is -3.13. The molecule has 0 N–H and O–H groups in total. The number of esters is 1. The molecule has 0 saturated heterocycles. The predicted octanol–water partition coefficient (Wildman–Crippen LogP) is 5.76. The number of ether oxygens (including phenoxy) is 1. The van der Waals surface area contributed by atoms with Crippen molar-refractivity contribution in [1.29, 1.82) is 0 Å². The second kappa shape index (κ2) is 5.99. The van der Waals surface area contributed by atoms with Gasteiger partial charge in [-0.15, -0.1) is 0 Å². The van der Waals surface area contributed by atoms with Crippen LogP contribution >= 0.6 is 0 Å². The second-order valence-corrected chi connectivity index (χ2v) is 6.70. The minimum absolute atomic E-state index is 0.389. The van der Waals surface area contributed by atoms with Gasteiger partial charge in [-0.2, -0.15) is 0 Å². The van der Waals surface area contributed by atoms with Crippen molar-refractivity contribution < 1.29 is 9.53 Å². The summed E-state index contributed by atoms with van der Waals surface area (Å²) in [4.78, 5) is 12.5. The van der Waals surface area contributed by atoms with Crippen molar-refractivity contribution in [3.8, 4) is 11.1 Å². The van der Waals surface area contributed by atoms with Gasteiger partial charge in [-0.05, 0) is 54.0 Å². The zero-order valence-electron chi connectivity index (χ0n) is 15.0. The quantitative estimate of drug-likeness (QED) is 0.344. The molecule has 128 valence electrons. The molecule has 0 radical (unpaired) electrons. The molecule has 0 aromatic heterocycles. The van der Waals surface area contributed by atoms with Crippen LogP contribution in [0.5, 0.6) is 0 Å². The third-order valence-electron chi connectivity index (χ3n) is 4.91. The molecular formula is C24H20O2. The number of allylic oxidation sites excluding steroid dienone is 1. The third-order valence-corrected chi connectivity index (χ3v) is 4.91. The van der Waals surface area contributed by atoms with E-state index in [0.717, 1.165) is 27.6 Å². The van der Waals surface area contributed by atoms with E-state index in [2.05, 4.69) is 36.9 Å². The van der Waals surface area contributed by atoms with Gasteiger partial charge in [0.25, 0.3) is 0 Å². The fourth-order valence-corrected chi connectivity index (χ4v) is 3.75. The highest BCUT2D eigenvalue weighted by molar-refractivity contribution is 5.95. The van der Waals surface area contributed by atoms with Crippen LogP contribution in [0.15, 0.2) is 85.0 Å². The Morgan fingerprint density at radius 1 is 0.962 bits per heavy atom. The van der Waals surface area contributed by atoms with E-state index in [-0.39, 0.29) is 5.97 Å². The summed E-state index contributed by atoms with van der Waals surface area (Å²) < 4.78 is 6.08. The first kappa shape index (κ1) is 16.3. The molecule has 0 saturated carbocycles. The van der Waals surface area contributed by atoms with Crippen LogP contribution in [0.4, 0.5) is 0 Å². The van der Waals surface area contributed by atoms with Gasteiger partial charge in [-0.25, -0.2) is 4.79 Å². The molecule has 0 bridgehead atoms. The van der Waals surface area contributed by atoms with E-state index < -0.39 is 5.60 Å². The summed E-state index contributed by atoms with van der Waals surface area (Å²) in [6.45, 7) is 7.37. The molecule has 0 heterocycles. The number of rotatable bonds is 3. The summed E-state index contributed by atoms with van der Waals surface area (Å²) >= 11 is 0. The summed E-state index contributed by atoms with van der Waals surface area (Å²) in [7, 11) is 0. The molecule has 3 aromatic rings. The lowest BCUT2D eigenvalue weighted by Crippen LogP contribution is -2.30. The molecule has 26 heavy (non-hydrogen) atoms. The van der Waals surface area contributed by atoms with Crippen LogP contribution in [-0.4, -0.2) is 5.97 Å². The van der Waals surface area contributed by atoms with Gasteiger partial charge >= 0.3 is 5.97 Å². The van der Waals surface area contributed by atoms with Gasteiger partial charge in [0.05, 0.1) is 0 Å². The second-order valence-electron chi connectivity index (χ2n) is 6.70. The summed E-state index contributed by atoms with van der Waals surface area (Å²) in [6.07, 6.45) is 3.90. The monoisotopic (exact) mass is 340 g/mol. The summed E-state index contributed by atoms with van der Waals surface area (Å²) in [6, 6.07) is 20.7. The van der Waals surface area contributed by atoms with Crippen LogP contribution in [0, 0.1) is 0 Å². The molecular weight excluding hydrogens is 320 g/mol. The molecule has 0 amide bonds.